The van der Waals surface area contributed by atoms with Gasteiger partial charge in [0.05, 0.1) is 0 Å². The summed E-state index contributed by atoms with van der Waals surface area (Å²) in [4.78, 5) is 0. The standard InChI is InChI=1S/C16H22Si/c1-6-16(2,13-10-14-17(3,4)5)15-11-8-7-9-12-15/h6-9,11-12H,1,13H2,2-5H3/t16-/m0/s1. The molecular formula is C16H22Si. The van der Waals surface area contributed by atoms with E-state index in [4.69, 9.17) is 0 Å². The molecule has 1 atom stereocenters. The molecule has 1 rings (SSSR count). The van der Waals surface area contributed by atoms with E-state index in [0.29, 0.717) is 0 Å². The van der Waals surface area contributed by atoms with Gasteiger partial charge in [0.15, 0.2) is 0 Å². The van der Waals surface area contributed by atoms with Crippen LogP contribution in [-0.2, 0) is 5.41 Å². The normalized spacial score (nSPS) is 14.4. The smallest absolute Gasteiger partial charge is 0.129 e. The Morgan fingerprint density at radius 1 is 1.24 bits per heavy atom. The monoisotopic (exact) mass is 242 g/mol. The molecule has 0 saturated heterocycles. The predicted octanol–water partition coefficient (Wildman–Crippen LogP) is 4.40. The van der Waals surface area contributed by atoms with Crippen molar-refractivity contribution < 1.29 is 0 Å². The maximum atomic E-state index is 3.97. The zero-order valence-electron chi connectivity index (χ0n) is 11.4. The fraction of sp³-hybridized carbons (Fsp3) is 0.375. The molecule has 0 nitrogen and oxygen atoms in total. The average Bonchev–Trinajstić information content (AvgIpc) is 2.28. The minimum atomic E-state index is -1.27. The van der Waals surface area contributed by atoms with Crippen LogP contribution in [-0.4, -0.2) is 8.07 Å². The Labute approximate surface area is 107 Å². The van der Waals surface area contributed by atoms with E-state index in [1.807, 2.05) is 12.1 Å². The van der Waals surface area contributed by atoms with Gasteiger partial charge in [0.25, 0.3) is 0 Å². The predicted molar refractivity (Wildman–Crippen MR) is 79.7 cm³/mol. The second kappa shape index (κ2) is 5.38. The van der Waals surface area contributed by atoms with Crippen LogP contribution in [0.15, 0.2) is 43.0 Å². The number of hydrogen-bond donors (Lipinski definition) is 0. The van der Waals surface area contributed by atoms with Gasteiger partial charge in [-0.15, -0.1) is 18.0 Å². The highest BCUT2D eigenvalue weighted by Gasteiger charge is 2.21. The van der Waals surface area contributed by atoms with Crippen LogP contribution in [0, 0.1) is 11.5 Å². The first kappa shape index (κ1) is 13.8. The van der Waals surface area contributed by atoms with E-state index in [1.54, 1.807) is 0 Å². The molecule has 17 heavy (non-hydrogen) atoms. The topological polar surface area (TPSA) is 0 Å². The Morgan fingerprint density at radius 2 is 1.82 bits per heavy atom. The van der Waals surface area contributed by atoms with Gasteiger partial charge in [-0.1, -0.05) is 63.0 Å². The van der Waals surface area contributed by atoms with Crippen LogP contribution in [0.3, 0.4) is 0 Å². The van der Waals surface area contributed by atoms with E-state index in [9.17, 15) is 0 Å². The van der Waals surface area contributed by atoms with Crippen LogP contribution in [0.1, 0.15) is 18.9 Å². The first-order valence-electron chi connectivity index (χ1n) is 6.06. The molecule has 0 aromatic heterocycles. The summed E-state index contributed by atoms with van der Waals surface area (Å²) in [6, 6.07) is 10.5. The van der Waals surface area contributed by atoms with Crippen molar-refractivity contribution in [3.63, 3.8) is 0 Å². The molecule has 0 saturated carbocycles. The fourth-order valence-corrected chi connectivity index (χ4v) is 2.22. The van der Waals surface area contributed by atoms with Crippen molar-refractivity contribution in [1.29, 1.82) is 0 Å². The van der Waals surface area contributed by atoms with Gasteiger partial charge in [-0.3, -0.25) is 0 Å². The average molecular weight is 242 g/mol. The molecule has 0 aliphatic heterocycles. The molecule has 0 aliphatic rings. The van der Waals surface area contributed by atoms with Crippen molar-refractivity contribution in [2.24, 2.45) is 0 Å². The van der Waals surface area contributed by atoms with Gasteiger partial charge in [-0.05, 0) is 5.56 Å². The molecule has 0 radical (unpaired) electrons. The van der Waals surface area contributed by atoms with Crippen LogP contribution in [0.2, 0.25) is 19.6 Å². The van der Waals surface area contributed by atoms with Crippen molar-refractivity contribution in [3.05, 3.63) is 48.6 Å². The lowest BCUT2D eigenvalue weighted by molar-refractivity contribution is 0.617. The lowest BCUT2D eigenvalue weighted by atomic mass is 9.80. The molecule has 0 fully saturated rings. The Bertz CT molecular complexity index is 428. The van der Waals surface area contributed by atoms with E-state index < -0.39 is 8.07 Å². The van der Waals surface area contributed by atoms with Crippen molar-refractivity contribution in [1.82, 2.24) is 0 Å². The second-order valence-electron chi connectivity index (χ2n) is 5.72. The summed E-state index contributed by atoms with van der Waals surface area (Å²) in [6.45, 7) is 13.0. The first-order valence-corrected chi connectivity index (χ1v) is 9.56. The number of benzene rings is 1. The Kier molecular flexibility index (Phi) is 4.37. The molecule has 0 amide bonds. The summed E-state index contributed by atoms with van der Waals surface area (Å²) in [5.41, 5.74) is 4.68. The Morgan fingerprint density at radius 3 is 2.29 bits per heavy atom. The highest BCUT2D eigenvalue weighted by molar-refractivity contribution is 6.83. The lowest BCUT2D eigenvalue weighted by Crippen LogP contribution is -2.20. The van der Waals surface area contributed by atoms with Crippen LogP contribution in [0.5, 0.6) is 0 Å². The molecule has 0 heterocycles. The van der Waals surface area contributed by atoms with E-state index in [2.05, 4.69) is 68.9 Å². The van der Waals surface area contributed by atoms with Crippen molar-refractivity contribution in [3.8, 4) is 11.5 Å². The molecule has 0 bridgehead atoms. The van der Waals surface area contributed by atoms with Crippen LogP contribution in [0.4, 0.5) is 0 Å². The fourth-order valence-electron chi connectivity index (χ4n) is 1.60. The molecule has 0 unspecified atom stereocenters. The molecule has 90 valence electrons. The summed E-state index contributed by atoms with van der Waals surface area (Å²) in [5, 5.41) is 0. The van der Waals surface area contributed by atoms with Crippen LogP contribution in [0.25, 0.3) is 0 Å². The van der Waals surface area contributed by atoms with Crippen molar-refractivity contribution >= 4 is 8.07 Å². The van der Waals surface area contributed by atoms with Crippen molar-refractivity contribution in [2.75, 3.05) is 0 Å². The molecule has 0 N–H and O–H groups in total. The summed E-state index contributed by atoms with van der Waals surface area (Å²) < 4.78 is 0. The molecule has 1 aromatic carbocycles. The first-order chi connectivity index (χ1) is 7.87. The Balaban J connectivity index is 2.91. The van der Waals surface area contributed by atoms with Gasteiger partial charge in [0, 0.05) is 11.8 Å². The van der Waals surface area contributed by atoms with Crippen LogP contribution >= 0.6 is 0 Å². The molecule has 0 aliphatic carbocycles. The van der Waals surface area contributed by atoms with Gasteiger partial charge in [0.1, 0.15) is 8.07 Å². The number of allylic oxidation sites excluding steroid dienone is 1. The molecule has 1 heteroatoms. The summed E-state index contributed by atoms with van der Waals surface area (Å²) >= 11 is 0. The quantitative estimate of drug-likeness (QED) is 0.419. The molecular weight excluding hydrogens is 220 g/mol. The third-order valence-electron chi connectivity index (χ3n) is 2.80. The number of hydrogen-bond acceptors (Lipinski definition) is 0. The van der Waals surface area contributed by atoms with Crippen molar-refractivity contribution in [2.45, 2.75) is 38.4 Å². The van der Waals surface area contributed by atoms with Gasteiger partial charge in [-0.25, -0.2) is 0 Å². The SMILES string of the molecule is C=C[C@@](C)(CC#C[Si](C)(C)C)c1ccccc1. The van der Waals surface area contributed by atoms with Gasteiger partial charge in [0.2, 0.25) is 0 Å². The summed E-state index contributed by atoms with van der Waals surface area (Å²) in [7, 11) is -1.27. The highest BCUT2D eigenvalue weighted by atomic mass is 28.3. The Hall–Kier alpha value is -1.26. The maximum absolute atomic E-state index is 3.97. The zero-order chi connectivity index (χ0) is 12.9. The van der Waals surface area contributed by atoms with E-state index in [1.165, 1.54) is 5.56 Å². The van der Waals surface area contributed by atoms with Gasteiger partial charge < -0.3 is 0 Å². The van der Waals surface area contributed by atoms with E-state index in [0.717, 1.165) is 6.42 Å². The largest absolute Gasteiger partial charge is 0.132 e. The molecule has 0 spiro atoms. The minimum Gasteiger partial charge on any atom is -0.132 e. The molecule has 1 aromatic rings. The highest BCUT2D eigenvalue weighted by Crippen LogP contribution is 2.28. The maximum Gasteiger partial charge on any atom is 0.129 e. The van der Waals surface area contributed by atoms with E-state index >= 15 is 0 Å². The number of rotatable bonds is 3. The third-order valence-corrected chi connectivity index (χ3v) is 3.73. The third kappa shape index (κ3) is 4.24. The van der Waals surface area contributed by atoms with Gasteiger partial charge >= 0.3 is 0 Å². The van der Waals surface area contributed by atoms with Gasteiger partial charge in [-0.2, -0.15) is 0 Å². The zero-order valence-corrected chi connectivity index (χ0v) is 12.4. The lowest BCUT2D eigenvalue weighted by Gasteiger charge is -2.24. The summed E-state index contributed by atoms with van der Waals surface area (Å²) in [6.07, 6.45) is 2.87. The minimum absolute atomic E-state index is 0.0338. The van der Waals surface area contributed by atoms with Crippen LogP contribution < -0.4 is 0 Å². The second-order valence-corrected chi connectivity index (χ2v) is 10.5. The van der Waals surface area contributed by atoms with E-state index in [-0.39, 0.29) is 5.41 Å². The summed E-state index contributed by atoms with van der Waals surface area (Å²) in [5.74, 6) is 3.36.